The second-order valence-corrected chi connectivity index (χ2v) is 5.53. The molecule has 122 valence electrons. The van der Waals surface area contributed by atoms with Crippen molar-refractivity contribution in [2.24, 2.45) is 5.92 Å². The van der Waals surface area contributed by atoms with Gasteiger partial charge in [0.1, 0.15) is 11.6 Å². The van der Waals surface area contributed by atoms with Crippen molar-refractivity contribution in [1.29, 1.82) is 0 Å². The summed E-state index contributed by atoms with van der Waals surface area (Å²) in [6, 6.07) is 3.87. The van der Waals surface area contributed by atoms with Crippen LogP contribution in [0.1, 0.15) is 26.2 Å². The van der Waals surface area contributed by atoms with Crippen molar-refractivity contribution in [2.45, 2.75) is 26.2 Å². The van der Waals surface area contributed by atoms with Crippen LogP contribution in [-0.2, 0) is 0 Å². The van der Waals surface area contributed by atoms with Crippen LogP contribution >= 0.6 is 0 Å². The summed E-state index contributed by atoms with van der Waals surface area (Å²) in [6.07, 6.45) is 2.40. The maximum absolute atomic E-state index is 13.3. The lowest BCUT2D eigenvalue weighted by molar-refractivity contribution is 0.143. The fraction of sp³-hybridized carbons (Fsp3) is 0.562. The number of ether oxygens (including phenoxy) is 1. The molecule has 1 aliphatic rings. The molecule has 6 heteroatoms. The minimum Gasteiger partial charge on any atom is -0.491 e. The molecule has 0 aromatic heterocycles. The largest absolute Gasteiger partial charge is 0.491 e. The quantitative estimate of drug-likeness (QED) is 0.879. The molecular formula is C16H23FN2O3. The van der Waals surface area contributed by atoms with Crippen molar-refractivity contribution in [1.82, 2.24) is 4.90 Å². The van der Waals surface area contributed by atoms with Gasteiger partial charge in [0.15, 0.2) is 0 Å². The molecule has 0 unspecified atom stereocenters. The Morgan fingerprint density at radius 1 is 1.45 bits per heavy atom. The van der Waals surface area contributed by atoms with E-state index in [0.29, 0.717) is 31.1 Å². The fourth-order valence-corrected chi connectivity index (χ4v) is 2.44. The Hall–Kier alpha value is -1.82. The van der Waals surface area contributed by atoms with Crippen LogP contribution in [0, 0.1) is 11.7 Å². The maximum atomic E-state index is 13.3. The molecule has 1 fully saturated rings. The number of amides is 2. The van der Waals surface area contributed by atoms with Gasteiger partial charge in [-0.2, -0.15) is 0 Å². The molecule has 0 saturated carbocycles. The molecule has 2 rings (SSSR count). The summed E-state index contributed by atoms with van der Waals surface area (Å²) in [6.45, 7) is 3.83. The number of hydrogen-bond donors (Lipinski definition) is 2. The average molecular weight is 310 g/mol. The standard InChI is InChI=1S/C16H23FN2O3/c1-2-9-22-15-10-13(17)3-4-14(15)18-16(21)19-7-5-12(11-20)6-8-19/h3-4,10,12,20H,2,5-9,11H2,1H3,(H,18,21). The predicted octanol–water partition coefficient (Wildman–Crippen LogP) is 2.85. The van der Waals surface area contributed by atoms with Crippen LogP contribution < -0.4 is 10.1 Å². The number of aliphatic hydroxyl groups excluding tert-OH is 1. The smallest absolute Gasteiger partial charge is 0.321 e. The Morgan fingerprint density at radius 2 is 2.18 bits per heavy atom. The highest BCUT2D eigenvalue weighted by molar-refractivity contribution is 5.91. The summed E-state index contributed by atoms with van der Waals surface area (Å²) in [5.41, 5.74) is 0.476. The fourth-order valence-electron chi connectivity index (χ4n) is 2.44. The van der Waals surface area contributed by atoms with E-state index in [1.807, 2.05) is 6.92 Å². The molecule has 0 bridgehead atoms. The number of likely N-dealkylation sites (tertiary alicyclic amines) is 1. The van der Waals surface area contributed by atoms with E-state index in [1.165, 1.54) is 18.2 Å². The predicted molar refractivity (Wildman–Crippen MR) is 82.6 cm³/mol. The monoisotopic (exact) mass is 310 g/mol. The van der Waals surface area contributed by atoms with Crippen LogP contribution in [0.3, 0.4) is 0 Å². The van der Waals surface area contributed by atoms with Crippen LogP contribution in [0.4, 0.5) is 14.9 Å². The summed E-state index contributed by atoms with van der Waals surface area (Å²) >= 11 is 0. The summed E-state index contributed by atoms with van der Waals surface area (Å²) < 4.78 is 18.8. The number of anilines is 1. The number of rotatable bonds is 5. The first-order chi connectivity index (χ1) is 10.6. The highest BCUT2D eigenvalue weighted by atomic mass is 19.1. The number of halogens is 1. The van der Waals surface area contributed by atoms with E-state index in [4.69, 9.17) is 9.84 Å². The van der Waals surface area contributed by atoms with Gasteiger partial charge >= 0.3 is 6.03 Å². The number of piperidine rings is 1. The molecular weight excluding hydrogens is 287 g/mol. The Balaban J connectivity index is 1.99. The summed E-state index contributed by atoms with van der Waals surface area (Å²) in [5.74, 6) is 0.228. The van der Waals surface area contributed by atoms with Crippen molar-refractivity contribution in [2.75, 3.05) is 31.6 Å². The van der Waals surface area contributed by atoms with Gasteiger partial charge in [0.25, 0.3) is 0 Å². The lowest BCUT2D eigenvalue weighted by Gasteiger charge is -2.31. The van der Waals surface area contributed by atoms with Gasteiger partial charge in [-0.1, -0.05) is 6.92 Å². The summed E-state index contributed by atoms with van der Waals surface area (Å²) in [7, 11) is 0. The van der Waals surface area contributed by atoms with Crippen LogP contribution in [-0.4, -0.2) is 42.3 Å². The van der Waals surface area contributed by atoms with Crippen molar-refractivity contribution in [3.63, 3.8) is 0 Å². The first-order valence-electron chi connectivity index (χ1n) is 7.73. The molecule has 22 heavy (non-hydrogen) atoms. The van der Waals surface area contributed by atoms with Crippen molar-refractivity contribution >= 4 is 11.7 Å². The van der Waals surface area contributed by atoms with Gasteiger partial charge in [0, 0.05) is 25.8 Å². The van der Waals surface area contributed by atoms with Gasteiger partial charge in [-0.05, 0) is 37.3 Å². The minimum atomic E-state index is -0.395. The zero-order valence-electron chi connectivity index (χ0n) is 12.8. The van der Waals surface area contributed by atoms with Crippen LogP contribution in [0.5, 0.6) is 5.75 Å². The number of nitrogens with one attached hydrogen (secondary N) is 1. The van der Waals surface area contributed by atoms with E-state index >= 15 is 0 Å². The second kappa shape index (κ2) is 7.98. The van der Waals surface area contributed by atoms with Crippen molar-refractivity contribution in [3.05, 3.63) is 24.0 Å². The van der Waals surface area contributed by atoms with Gasteiger partial charge in [0.2, 0.25) is 0 Å². The third-order valence-electron chi connectivity index (χ3n) is 3.81. The van der Waals surface area contributed by atoms with Gasteiger partial charge in [-0.15, -0.1) is 0 Å². The molecule has 1 saturated heterocycles. The first-order valence-corrected chi connectivity index (χ1v) is 7.73. The third kappa shape index (κ3) is 4.34. The number of carbonyl (C=O) groups is 1. The molecule has 1 aromatic carbocycles. The van der Waals surface area contributed by atoms with E-state index in [2.05, 4.69) is 5.32 Å². The topological polar surface area (TPSA) is 61.8 Å². The molecule has 0 radical (unpaired) electrons. The molecule has 2 N–H and O–H groups in total. The maximum Gasteiger partial charge on any atom is 0.321 e. The lowest BCUT2D eigenvalue weighted by Crippen LogP contribution is -2.41. The number of carbonyl (C=O) groups excluding carboxylic acids is 1. The average Bonchev–Trinajstić information content (AvgIpc) is 2.55. The van der Waals surface area contributed by atoms with Gasteiger partial charge in [-0.25, -0.2) is 9.18 Å². The number of hydrogen-bond acceptors (Lipinski definition) is 3. The normalized spacial score (nSPS) is 15.7. The molecule has 0 spiro atoms. The highest BCUT2D eigenvalue weighted by Gasteiger charge is 2.23. The molecule has 0 aliphatic carbocycles. The Kier molecular flexibility index (Phi) is 6.00. The van der Waals surface area contributed by atoms with Gasteiger partial charge in [0.05, 0.1) is 12.3 Å². The zero-order valence-corrected chi connectivity index (χ0v) is 12.8. The van der Waals surface area contributed by atoms with Crippen LogP contribution in [0.15, 0.2) is 18.2 Å². The number of benzene rings is 1. The van der Waals surface area contributed by atoms with Gasteiger partial charge < -0.3 is 20.1 Å². The molecule has 1 heterocycles. The Bertz CT molecular complexity index is 502. The van der Waals surface area contributed by atoms with Crippen LogP contribution in [0.2, 0.25) is 0 Å². The Morgan fingerprint density at radius 3 is 2.82 bits per heavy atom. The molecule has 2 amide bonds. The SMILES string of the molecule is CCCOc1cc(F)ccc1NC(=O)N1CCC(CO)CC1. The van der Waals surface area contributed by atoms with E-state index in [1.54, 1.807) is 4.90 Å². The Labute approximate surface area is 130 Å². The highest BCUT2D eigenvalue weighted by Crippen LogP contribution is 2.26. The molecule has 1 aliphatic heterocycles. The third-order valence-corrected chi connectivity index (χ3v) is 3.81. The summed E-state index contributed by atoms with van der Waals surface area (Å²) in [5, 5.41) is 11.9. The first kappa shape index (κ1) is 16.5. The van der Waals surface area contributed by atoms with Crippen molar-refractivity contribution < 1.29 is 19.0 Å². The van der Waals surface area contributed by atoms with E-state index in [0.717, 1.165) is 19.3 Å². The summed E-state index contributed by atoms with van der Waals surface area (Å²) in [4.78, 5) is 14.0. The molecule has 1 aromatic rings. The van der Waals surface area contributed by atoms with E-state index in [-0.39, 0.29) is 18.6 Å². The van der Waals surface area contributed by atoms with Crippen LogP contribution in [0.25, 0.3) is 0 Å². The molecule has 5 nitrogen and oxygen atoms in total. The number of urea groups is 1. The molecule has 0 atom stereocenters. The lowest BCUT2D eigenvalue weighted by atomic mass is 9.98. The zero-order chi connectivity index (χ0) is 15.9. The van der Waals surface area contributed by atoms with Crippen molar-refractivity contribution in [3.8, 4) is 5.75 Å². The number of nitrogens with zero attached hydrogens (tertiary/aromatic N) is 1. The van der Waals surface area contributed by atoms with E-state index < -0.39 is 5.82 Å². The van der Waals surface area contributed by atoms with Gasteiger partial charge in [-0.3, -0.25) is 0 Å². The van der Waals surface area contributed by atoms with E-state index in [9.17, 15) is 9.18 Å². The minimum absolute atomic E-state index is 0.169. The second-order valence-electron chi connectivity index (χ2n) is 5.53. The number of aliphatic hydroxyl groups is 1.